The van der Waals surface area contributed by atoms with Crippen molar-refractivity contribution in [2.24, 2.45) is 5.92 Å². The van der Waals surface area contributed by atoms with Gasteiger partial charge in [0.1, 0.15) is 0 Å². The Kier molecular flexibility index (Phi) is 6.87. The minimum absolute atomic E-state index is 0.557. The van der Waals surface area contributed by atoms with Gasteiger partial charge in [0.05, 0.1) is 0 Å². The Morgan fingerprint density at radius 3 is 2.53 bits per heavy atom. The fraction of sp³-hybridized carbons (Fsp3) is 0.625. The predicted octanol–water partition coefficient (Wildman–Crippen LogP) is 4.43. The van der Waals surface area contributed by atoms with Crippen LogP contribution in [0.2, 0.25) is 0 Å². The average molecular weight is 327 g/mol. The molecular formula is C16H27BrN2. The Bertz CT molecular complexity index is 390. The Morgan fingerprint density at radius 1 is 1.26 bits per heavy atom. The van der Waals surface area contributed by atoms with E-state index in [9.17, 15) is 0 Å². The van der Waals surface area contributed by atoms with E-state index < -0.39 is 0 Å². The summed E-state index contributed by atoms with van der Waals surface area (Å²) in [5.41, 5.74) is 2.69. The molecule has 1 unspecified atom stereocenters. The van der Waals surface area contributed by atoms with E-state index in [0.29, 0.717) is 6.04 Å². The quantitative estimate of drug-likeness (QED) is 0.797. The van der Waals surface area contributed by atoms with Gasteiger partial charge in [0.15, 0.2) is 0 Å². The number of benzene rings is 1. The standard InChI is InChI=1S/C16H27BrN2/c1-6-18-11-14-10-15(17)7-8-16(14)19(5)13(4)9-12(2)3/h7-8,10,12-13,18H,6,9,11H2,1-5H3. The van der Waals surface area contributed by atoms with Crippen LogP contribution in [0, 0.1) is 5.92 Å². The fourth-order valence-corrected chi connectivity index (χ4v) is 2.79. The van der Waals surface area contributed by atoms with Crippen LogP contribution in [0.25, 0.3) is 0 Å². The van der Waals surface area contributed by atoms with Crippen LogP contribution < -0.4 is 10.2 Å². The van der Waals surface area contributed by atoms with Crippen molar-refractivity contribution in [1.29, 1.82) is 0 Å². The molecule has 1 atom stereocenters. The maximum absolute atomic E-state index is 3.57. The lowest BCUT2D eigenvalue weighted by Gasteiger charge is -2.30. The highest BCUT2D eigenvalue weighted by molar-refractivity contribution is 9.10. The first-order valence-corrected chi connectivity index (χ1v) is 7.97. The molecule has 0 heterocycles. The molecule has 1 aromatic rings. The van der Waals surface area contributed by atoms with Gasteiger partial charge in [-0.2, -0.15) is 0 Å². The van der Waals surface area contributed by atoms with Crippen LogP contribution in [0.1, 0.15) is 39.7 Å². The molecule has 0 amide bonds. The smallest absolute Gasteiger partial charge is 0.0412 e. The third kappa shape index (κ3) is 5.15. The molecule has 0 aliphatic carbocycles. The molecular weight excluding hydrogens is 300 g/mol. The molecule has 0 saturated heterocycles. The lowest BCUT2D eigenvalue weighted by molar-refractivity contribution is 0.503. The fourth-order valence-electron chi connectivity index (χ4n) is 2.38. The van der Waals surface area contributed by atoms with Gasteiger partial charge in [-0.15, -0.1) is 0 Å². The van der Waals surface area contributed by atoms with Crippen LogP contribution in [-0.4, -0.2) is 19.6 Å². The van der Waals surface area contributed by atoms with Gasteiger partial charge in [-0.1, -0.05) is 36.7 Å². The van der Waals surface area contributed by atoms with Gasteiger partial charge < -0.3 is 10.2 Å². The molecule has 1 rings (SSSR count). The maximum Gasteiger partial charge on any atom is 0.0412 e. The van der Waals surface area contributed by atoms with Crippen molar-refractivity contribution in [3.05, 3.63) is 28.2 Å². The molecule has 0 spiro atoms. The molecule has 0 bridgehead atoms. The van der Waals surface area contributed by atoms with Gasteiger partial charge in [-0.05, 0) is 49.6 Å². The third-order valence-electron chi connectivity index (χ3n) is 3.46. The van der Waals surface area contributed by atoms with E-state index in [-0.39, 0.29) is 0 Å². The van der Waals surface area contributed by atoms with E-state index in [1.54, 1.807) is 0 Å². The number of hydrogen-bond acceptors (Lipinski definition) is 2. The minimum atomic E-state index is 0.557. The minimum Gasteiger partial charge on any atom is -0.372 e. The van der Waals surface area contributed by atoms with Gasteiger partial charge in [0, 0.05) is 29.8 Å². The van der Waals surface area contributed by atoms with Crippen LogP contribution >= 0.6 is 15.9 Å². The molecule has 0 fully saturated rings. The zero-order valence-electron chi connectivity index (χ0n) is 12.8. The molecule has 0 aromatic heterocycles. The third-order valence-corrected chi connectivity index (χ3v) is 3.95. The van der Waals surface area contributed by atoms with Gasteiger partial charge in [-0.3, -0.25) is 0 Å². The number of rotatable bonds is 7. The molecule has 1 aromatic carbocycles. The van der Waals surface area contributed by atoms with Gasteiger partial charge >= 0.3 is 0 Å². The summed E-state index contributed by atoms with van der Waals surface area (Å²) in [5, 5.41) is 3.42. The summed E-state index contributed by atoms with van der Waals surface area (Å²) in [7, 11) is 2.20. The lowest BCUT2D eigenvalue weighted by atomic mass is 10.0. The Morgan fingerprint density at radius 2 is 1.95 bits per heavy atom. The summed E-state index contributed by atoms with van der Waals surface area (Å²) in [6, 6.07) is 7.12. The highest BCUT2D eigenvalue weighted by Gasteiger charge is 2.14. The average Bonchev–Trinajstić information content (AvgIpc) is 2.34. The monoisotopic (exact) mass is 326 g/mol. The van der Waals surface area contributed by atoms with Crippen LogP contribution in [0.5, 0.6) is 0 Å². The second-order valence-electron chi connectivity index (χ2n) is 5.64. The van der Waals surface area contributed by atoms with Crippen molar-refractivity contribution in [3.63, 3.8) is 0 Å². The summed E-state index contributed by atoms with van der Waals surface area (Å²) in [6.45, 7) is 10.9. The van der Waals surface area contributed by atoms with Gasteiger partial charge in [0.25, 0.3) is 0 Å². The zero-order chi connectivity index (χ0) is 14.4. The molecule has 3 heteroatoms. The maximum atomic E-state index is 3.57. The summed E-state index contributed by atoms with van der Waals surface area (Å²) in [4.78, 5) is 2.40. The molecule has 0 saturated carbocycles. The second kappa shape index (κ2) is 7.91. The van der Waals surface area contributed by atoms with Crippen molar-refractivity contribution in [1.82, 2.24) is 5.32 Å². The molecule has 0 aliphatic rings. The summed E-state index contributed by atoms with van der Waals surface area (Å²) >= 11 is 3.57. The summed E-state index contributed by atoms with van der Waals surface area (Å²) in [6.07, 6.45) is 1.22. The van der Waals surface area contributed by atoms with E-state index in [1.807, 2.05) is 0 Å². The van der Waals surface area contributed by atoms with E-state index in [0.717, 1.165) is 23.5 Å². The highest BCUT2D eigenvalue weighted by Crippen LogP contribution is 2.26. The van der Waals surface area contributed by atoms with Crippen LogP contribution in [0.4, 0.5) is 5.69 Å². The Labute approximate surface area is 126 Å². The van der Waals surface area contributed by atoms with Crippen LogP contribution in [-0.2, 0) is 6.54 Å². The molecule has 0 radical (unpaired) electrons. The second-order valence-corrected chi connectivity index (χ2v) is 6.56. The number of halogens is 1. The first-order chi connectivity index (χ1) is 8.95. The van der Waals surface area contributed by atoms with Crippen molar-refractivity contribution in [2.45, 2.75) is 46.7 Å². The van der Waals surface area contributed by atoms with Crippen LogP contribution in [0.3, 0.4) is 0 Å². The van der Waals surface area contributed by atoms with Crippen molar-refractivity contribution in [3.8, 4) is 0 Å². The molecule has 108 valence electrons. The first kappa shape index (κ1) is 16.5. The number of hydrogen-bond donors (Lipinski definition) is 1. The van der Waals surface area contributed by atoms with Crippen LogP contribution in [0.15, 0.2) is 22.7 Å². The molecule has 2 nitrogen and oxygen atoms in total. The van der Waals surface area contributed by atoms with Crippen molar-refractivity contribution in [2.75, 3.05) is 18.5 Å². The van der Waals surface area contributed by atoms with Gasteiger partial charge in [0.2, 0.25) is 0 Å². The largest absolute Gasteiger partial charge is 0.372 e. The Hall–Kier alpha value is -0.540. The zero-order valence-corrected chi connectivity index (χ0v) is 14.4. The van der Waals surface area contributed by atoms with E-state index in [4.69, 9.17) is 0 Å². The first-order valence-electron chi connectivity index (χ1n) is 7.17. The van der Waals surface area contributed by atoms with Crippen molar-refractivity contribution >= 4 is 21.6 Å². The van der Waals surface area contributed by atoms with Gasteiger partial charge in [-0.25, -0.2) is 0 Å². The summed E-state index contributed by atoms with van der Waals surface area (Å²) < 4.78 is 1.15. The number of anilines is 1. The molecule has 0 aliphatic heterocycles. The van der Waals surface area contributed by atoms with Crippen molar-refractivity contribution < 1.29 is 0 Å². The molecule has 1 N–H and O–H groups in total. The Balaban J connectivity index is 2.90. The highest BCUT2D eigenvalue weighted by atomic mass is 79.9. The lowest BCUT2D eigenvalue weighted by Crippen LogP contribution is -2.31. The summed E-state index contributed by atoms with van der Waals surface area (Å²) in [5.74, 6) is 0.727. The SMILES string of the molecule is CCNCc1cc(Br)ccc1N(C)C(C)CC(C)C. The normalized spacial score (nSPS) is 12.8. The topological polar surface area (TPSA) is 15.3 Å². The van der Waals surface area contributed by atoms with E-state index in [1.165, 1.54) is 17.7 Å². The predicted molar refractivity (Wildman–Crippen MR) is 88.8 cm³/mol. The van der Waals surface area contributed by atoms with E-state index in [2.05, 4.69) is 79.1 Å². The van der Waals surface area contributed by atoms with E-state index >= 15 is 0 Å². The number of nitrogens with one attached hydrogen (secondary N) is 1. The molecule has 19 heavy (non-hydrogen) atoms. The number of nitrogens with zero attached hydrogens (tertiary/aromatic N) is 1.